The quantitative estimate of drug-likeness (QED) is 0.633. The van der Waals surface area contributed by atoms with E-state index in [1.165, 1.54) is 6.92 Å². The molecule has 17 heavy (non-hydrogen) atoms. The van der Waals surface area contributed by atoms with Gasteiger partial charge in [-0.2, -0.15) is 0 Å². The van der Waals surface area contributed by atoms with Crippen molar-refractivity contribution in [3.05, 3.63) is 35.9 Å². The lowest BCUT2D eigenvalue weighted by molar-refractivity contribution is -0.139. The minimum atomic E-state index is -0.734. The smallest absolute Gasteiger partial charge is 0.309 e. The molecule has 0 spiro atoms. The fourth-order valence-electron chi connectivity index (χ4n) is 1.18. The number of benzene rings is 1. The van der Waals surface area contributed by atoms with Crippen LogP contribution in [0.15, 0.2) is 30.3 Å². The monoisotopic (exact) mass is 236 g/mol. The van der Waals surface area contributed by atoms with E-state index in [2.05, 4.69) is 10.6 Å². The molecule has 0 fully saturated rings. The lowest BCUT2D eigenvalue weighted by Crippen LogP contribution is -2.41. The fraction of sp³-hybridized carbons (Fsp3) is 0.333. The van der Waals surface area contributed by atoms with Gasteiger partial charge >= 0.3 is 11.8 Å². The zero-order valence-electron chi connectivity index (χ0n) is 9.64. The maximum Gasteiger partial charge on any atom is 0.309 e. The summed E-state index contributed by atoms with van der Waals surface area (Å²) in [4.78, 5) is 22.6. The van der Waals surface area contributed by atoms with Gasteiger partial charge in [0.05, 0.1) is 6.10 Å². The zero-order chi connectivity index (χ0) is 12.7. The van der Waals surface area contributed by atoms with Gasteiger partial charge in [-0.1, -0.05) is 30.3 Å². The van der Waals surface area contributed by atoms with Crippen molar-refractivity contribution in [1.29, 1.82) is 0 Å². The van der Waals surface area contributed by atoms with Crippen LogP contribution in [0.5, 0.6) is 0 Å². The topological polar surface area (TPSA) is 78.4 Å². The Hall–Kier alpha value is -1.88. The van der Waals surface area contributed by atoms with Crippen molar-refractivity contribution in [2.45, 2.75) is 19.6 Å². The summed E-state index contributed by atoms with van der Waals surface area (Å²) in [6.07, 6.45) is -0.666. The van der Waals surface area contributed by atoms with E-state index in [1.807, 2.05) is 30.3 Å². The number of nitrogens with one attached hydrogen (secondary N) is 2. The first kappa shape index (κ1) is 13.2. The molecule has 0 aliphatic carbocycles. The average molecular weight is 236 g/mol. The largest absolute Gasteiger partial charge is 0.392 e. The second-order valence-electron chi connectivity index (χ2n) is 3.73. The summed E-state index contributed by atoms with van der Waals surface area (Å²) in [7, 11) is 0. The number of aliphatic hydroxyl groups is 1. The highest BCUT2D eigenvalue weighted by Crippen LogP contribution is 1.96. The van der Waals surface area contributed by atoms with Crippen LogP contribution in [0.3, 0.4) is 0 Å². The molecule has 0 aliphatic rings. The normalized spacial score (nSPS) is 11.6. The molecule has 1 aromatic carbocycles. The highest BCUT2D eigenvalue weighted by molar-refractivity contribution is 6.35. The second-order valence-corrected chi connectivity index (χ2v) is 3.73. The van der Waals surface area contributed by atoms with E-state index in [9.17, 15) is 9.59 Å². The molecule has 1 rings (SSSR count). The Morgan fingerprint density at radius 2 is 1.76 bits per heavy atom. The minimum Gasteiger partial charge on any atom is -0.392 e. The predicted octanol–water partition coefficient (Wildman–Crippen LogP) is -0.200. The van der Waals surface area contributed by atoms with Crippen LogP contribution < -0.4 is 10.6 Å². The van der Waals surface area contributed by atoms with E-state index in [-0.39, 0.29) is 6.54 Å². The van der Waals surface area contributed by atoms with Crippen molar-refractivity contribution in [3.8, 4) is 0 Å². The molecule has 2 amide bonds. The summed E-state index contributed by atoms with van der Waals surface area (Å²) >= 11 is 0. The number of aliphatic hydroxyl groups excluding tert-OH is 1. The third-order valence-electron chi connectivity index (χ3n) is 2.06. The third kappa shape index (κ3) is 5.12. The summed E-state index contributed by atoms with van der Waals surface area (Å²) in [6.45, 7) is 1.90. The van der Waals surface area contributed by atoms with Gasteiger partial charge < -0.3 is 15.7 Å². The number of hydrogen-bond donors (Lipinski definition) is 3. The molecule has 5 nitrogen and oxygen atoms in total. The SMILES string of the molecule is CC(O)CNC(=O)C(=O)NCc1ccccc1. The highest BCUT2D eigenvalue weighted by atomic mass is 16.3. The van der Waals surface area contributed by atoms with Gasteiger partial charge in [0, 0.05) is 13.1 Å². The van der Waals surface area contributed by atoms with E-state index in [1.54, 1.807) is 0 Å². The molecule has 0 aliphatic heterocycles. The lowest BCUT2D eigenvalue weighted by atomic mass is 10.2. The van der Waals surface area contributed by atoms with Crippen LogP contribution in [0.1, 0.15) is 12.5 Å². The molecule has 0 aromatic heterocycles. The standard InChI is InChI=1S/C12H16N2O3/c1-9(15)7-13-11(16)12(17)14-8-10-5-3-2-4-6-10/h2-6,9,15H,7-8H2,1H3,(H,13,16)(H,14,17). The molecule has 3 N–H and O–H groups in total. The Morgan fingerprint density at radius 1 is 1.18 bits per heavy atom. The first-order valence-corrected chi connectivity index (χ1v) is 5.37. The van der Waals surface area contributed by atoms with E-state index in [4.69, 9.17) is 5.11 Å². The molecule has 0 saturated heterocycles. The summed E-state index contributed by atoms with van der Waals surface area (Å²) in [5.41, 5.74) is 0.921. The van der Waals surface area contributed by atoms with Gasteiger partial charge in [0.25, 0.3) is 0 Å². The Bertz CT molecular complexity index is 377. The number of carbonyl (C=O) groups is 2. The molecule has 0 bridgehead atoms. The molecule has 1 unspecified atom stereocenters. The zero-order valence-corrected chi connectivity index (χ0v) is 9.64. The van der Waals surface area contributed by atoms with Gasteiger partial charge in [0.15, 0.2) is 0 Å². The Balaban J connectivity index is 2.32. The van der Waals surface area contributed by atoms with Crippen molar-refractivity contribution in [1.82, 2.24) is 10.6 Å². The van der Waals surface area contributed by atoms with Crippen LogP contribution in [0, 0.1) is 0 Å². The number of amides is 2. The summed E-state index contributed by atoms with van der Waals surface area (Å²) in [5.74, 6) is -1.43. The molecule has 1 atom stereocenters. The van der Waals surface area contributed by atoms with Crippen LogP contribution in [-0.2, 0) is 16.1 Å². The third-order valence-corrected chi connectivity index (χ3v) is 2.06. The van der Waals surface area contributed by atoms with Crippen molar-refractivity contribution >= 4 is 11.8 Å². The molecular weight excluding hydrogens is 220 g/mol. The molecule has 5 heteroatoms. The van der Waals surface area contributed by atoms with Crippen LogP contribution in [-0.4, -0.2) is 29.6 Å². The van der Waals surface area contributed by atoms with E-state index in [0.29, 0.717) is 6.54 Å². The predicted molar refractivity (Wildman–Crippen MR) is 63.0 cm³/mol. The van der Waals surface area contributed by atoms with E-state index < -0.39 is 17.9 Å². The van der Waals surface area contributed by atoms with Crippen LogP contribution in [0.2, 0.25) is 0 Å². The van der Waals surface area contributed by atoms with Gasteiger partial charge in [-0.3, -0.25) is 9.59 Å². The van der Waals surface area contributed by atoms with Crippen LogP contribution >= 0.6 is 0 Å². The molecule has 92 valence electrons. The van der Waals surface area contributed by atoms with Gasteiger partial charge in [-0.15, -0.1) is 0 Å². The average Bonchev–Trinajstić information content (AvgIpc) is 2.34. The molecule has 1 aromatic rings. The minimum absolute atomic E-state index is 0.0671. The summed E-state index contributed by atoms with van der Waals surface area (Å²) in [5, 5.41) is 13.8. The number of rotatable bonds is 4. The number of carbonyl (C=O) groups excluding carboxylic acids is 2. The van der Waals surface area contributed by atoms with Gasteiger partial charge in [-0.25, -0.2) is 0 Å². The van der Waals surface area contributed by atoms with Gasteiger partial charge in [0.1, 0.15) is 0 Å². The Labute approximate surface area is 99.8 Å². The van der Waals surface area contributed by atoms with Crippen LogP contribution in [0.4, 0.5) is 0 Å². The highest BCUT2D eigenvalue weighted by Gasteiger charge is 2.12. The molecule has 0 heterocycles. The lowest BCUT2D eigenvalue weighted by Gasteiger charge is -2.07. The number of hydrogen-bond acceptors (Lipinski definition) is 3. The first-order chi connectivity index (χ1) is 8.09. The maximum absolute atomic E-state index is 11.3. The van der Waals surface area contributed by atoms with E-state index in [0.717, 1.165) is 5.56 Å². The van der Waals surface area contributed by atoms with Crippen molar-refractivity contribution in [3.63, 3.8) is 0 Å². The molecular formula is C12H16N2O3. The summed E-state index contributed by atoms with van der Waals surface area (Å²) < 4.78 is 0. The Morgan fingerprint density at radius 3 is 2.35 bits per heavy atom. The van der Waals surface area contributed by atoms with Crippen molar-refractivity contribution < 1.29 is 14.7 Å². The Kier molecular flexibility index (Phi) is 5.16. The molecule has 0 saturated carbocycles. The first-order valence-electron chi connectivity index (χ1n) is 5.37. The fourth-order valence-corrected chi connectivity index (χ4v) is 1.18. The van der Waals surface area contributed by atoms with Crippen molar-refractivity contribution in [2.24, 2.45) is 0 Å². The maximum atomic E-state index is 11.3. The second kappa shape index (κ2) is 6.65. The summed E-state index contributed by atoms with van der Waals surface area (Å²) in [6, 6.07) is 9.30. The molecule has 0 radical (unpaired) electrons. The van der Waals surface area contributed by atoms with Crippen molar-refractivity contribution in [2.75, 3.05) is 6.54 Å². The van der Waals surface area contributed by atoms with Gasteiger partial charge in [-0.05, 0) is 12.5 Å². The van der Waals surface area contributed by atoms with Crippen LogP contribution in [0.25, 0.3) is 0 Å². The van der Waals surface area contributed by atoms with E-state index >= 15 is 0 Å². The van der Waals surface area contributed by atoms with Gasteiger partial charge in [0.2, 0.25) is 0 Å².